The van der Waals surface area contributed by atoms with E-state index in [0.717, 1.165) is 33.9 Å². The molecule has 0 aliphatic carbocycles. The minimum atomic E-state index is 0.292. The van der Waals surface area contributed by atoms with Crippen molar-refractivity contribution in [3.8, 4) is 11.4 Å². The summed E-state index contributed by atoms with van der Waals surface area (Å²) in [5.41, 5.74) is 4.24. The highest BCUT2D eigenvalue weighted by molar-refractivity contribution is 8.13. The molecule has 2 aromatic carbocycles. The first-order valence-corrected chi connectivity index (χ1v) is 13.0. The van der Waals surface area contributed by atoms with Crippen molar-refractivity contribution in [2.24, 2.45) is 9.98 Å². The number of nitrogens with zero attached hydrogens (tertiary/aromatic N) is 6. The highest BCUT2D eigenvalue weighted by atomic mass is 32.2. The molecule has 0 atom stereocenters. The minimum absolute atomic E-state index is 0.292. The second-order valence-corrected chi connectivity index (χ2v) is 9.21. The summed E-state index contributed by atoms with van der Waals surface area (Å²) in [5.74, 6) is 1.88. The molecule has 4 aromatic rings. The van der Waals surface area contributed by atoms with Crippen molar-refractivity contribution in [2.45, 2.75) is 39.6 Å². The maximum absolute atomic E-state index is 6.05. The van der Waals surface area contributed by atoms with Crippen LogP contribution in [0.4, 0.5) is 5.82 Å². The van der Waals surface area contributed by atoms with Gasteiger partial charge >= 0.3 is 0 Å². The van der Waals surface area contributed by atoms with Crippen molar-refractivity contribution >= 4 is 29.5 Å². The van der Waals surface area contributed by atoms with E-state index in [1.165, 1.54) is 11.8 Å². The van der Waals surface area contributed by atoms with Gasteiger partial charge in [-0.2, -0.15) is 10.2 Å². The molecule has 0 bridgehead atoms. The van der Waals surface area contributed by atoms with E-state index in [-0.39, 0.29) is 0 Å². The molecule has 0 radical (unpaired) electrons. The summed E-state index contributed by atoms with van der Waals surface area (Å²) in [7, 11) is 0. The van der Waals surface area contributed by atoms with Crippen LogP contribution in [0.15, 0.2) is 83.2 Å². The van der Waals surface area contributed by atoms with E-state index in [1.54, 1.807) is 6.20 Å². The average Bonchev–Trinajstić information content (AvgIpc) is 3.58. The van der Waals surface area contributed by atoms with Crippen LogP contribution in [-0.2, 0) is 19.8 Å². The van der Waals surface area contributed by atoms with Crippen molar-refractivity contribution in [3.63, 3.8) is 0 Å². The van der Waals surface area contributed by atoms with Crippen molar-refractivity contribution < 1.29 is 4.74 Å². The quantitative estimate of drug-likeness (QED) is 0.227. The highest BCUT2D eigenvalue weighted by Gasteiger charge is 2.15. The van der Waals surface area contributed by atoms with Gasteiger partial charge in [-0.05, 0) is 42.2 Å². The fourth-order valence-corrected chi connectivity index (χ4v) is 4.03. The van der Waals surface area contributed by atoms with Gasteiger partial charge in [0.1, 0.15) is 12.4 Å². The standard InChI is InChI=1S/C27H31N7OS/c1-20(2)24-17-31-34(26(24)32-27(28-3)36-4)19-29-16-22-11-12-23(15-25(22)33-14-8-13-30-33)35-18-21-9-6-5-7-10-21/h5-15,17,20,29H,3,16,18-19H2,1-2,4H3/b32-27+. The number of ether oxygens (including phenoxy) is 1. The first kappa shape index (κ1) is 25.4. The van der Waals surface area contributed by atoms with Gasteiger partial charge in [-0.1, -0.05) is 62.0 Å². The average molecular weight is 502 g/mol. The van der Waals surface area contributed by atoms with Gasteiger partial charge in [0.15, 0.2) is 11.0 Å². The molecule has 0 unspecified atom stereocenters. The lowest BCUT2D eigenvalue weighted by Gasteiger charge is -2.14. The van der Waals surface area contributed by atoms with Crippen LogP contribution in [0.2, 0.25) is 0 Å². The molecule has 4 rings (SSSR count). The van der Waals surface area contributed by atoms with Crippen molar-refractivity contribution in [1.29, 1.82) is 0 Å². The van der Waals surface area contributed by atoms with Crippen LogP contribution >= 0.6 is 11.8 Å². The summed E-state index contributed by atoms with van der Waals surface area (Å²) in [6.07, 6.45) is 7.51. The minimum Gasteiger partial charge on any atom is -0.489 e. The van der Waals surface area contributed by atoms with Gasteiger partial charge in [0.05, 0.1) is 18.6 Å². The summed E-state index contributed by atoms with van der Waals surface area (Å²) in [5, 5.41) is 13.1. The Labute approximate surface area is 216 Å². The molecule has 0 saturated carbocycles. The fraction of sp³-hybridized carbons (Fsp3) is 0.259. The molecule has 0 aliphatic rings. The number of nitrogens with one attached hydrogen (secondary N) is 1. The van der Waals surface area contributed by atoms with E-state index < -0.39 is 0 Å². The summed E-state index contributed by atoms with van der Waals surface area (Å²) >= 11 is 1.46. The Hall–Kier alpha value is -3.69. The SMILES string of the molecule is C=N/C(=N\c1c(C(C)C)cnn1CNCc1ccc(OCc2ccccc2)cc1-n1cccn1)SC. The fourth-order valence-electron chi connectivity index (χ4n) is 3.72. The number of hydrogen-bond acceptors (Lipinski definition) is 6. The predicted molar refractivity (Wildman–Crippen MR) is 148 cm³/mol. The van der Waals surface area contributed by atoms with Gasteiger partial charge in [-0.25, -0.2) is 19.3 Å². The lowest BCUT2D eigenvalue weighted by molar-refractivity contribution is 0.306. The number of rotatable bonds is 10. The molecule has 2 aromatic heterocycles. The van der Waals surface area contributed by atoms with Gasteiger partial charge in [-0.3, -0.25) is 5.32 Å². The molecule has 2 heterocycles. The number of amidine groups is 1. The van der Waals surface area contributed by atoms with Crippen molar-refractivity contribution in [2.75, 3.05) is 6.26 Å². The Morgan fingerprint density at radius 1 is 1.14 bits per heavy atom. The van der Waals surface area contributed by atoms with Crippen LogP contribution in [0.1, 0.15) is 36.5 Å². The second-order valence-electron chi connectivity index (χ2n) is 8.43. The Balaban J connectivity index is 1.51. The highest BCUT2D eigenvalue weighted by Crippen LogP contribution is 2.28. The van der Waals surface area contributed by atoms with Crippen LogP contribution < -0.4 is 10.1 Å². The third kappa shape index (κ3) is 6.30. The number of thioether (sulfide) groups is 1. The molecule has 8 nitrogen and oxygen atoms in total. The molecular formula is C27H31N7OS. The van der Waals surface area contributed by atoms with Gasteiger partial charge < -0.3 is 4.74 Å². The molecule has 0 saturated heterocycles. The summed E-state index contributed by atoms with van der Waals surface area (Å²) < 4.78 is 9.77. The van der Waals surface area contributed by atoms with Crippen LogP contribution in [0.3, 0.4) is 0 Å². The zero-order chi connectivity index (χ0) is 25.3. The van der Waals surface area contributed by atoms with E-state index in [1.807, 2.05) is 64.4 Å². The third-order valence-corrected chi connectivity index (χ3v) is 6.20. The maximum atomic E-state index is 6.05. The van der Waals surface area contributed by atoms with Crippen LogP contribution in [0.25, 0.3) is 5.69 Å². The number of hydrogen-bond donors (Lipinski definition) is 1. The monoisotopic (exact) mass is 501 g/mol. The van der Waals surface area contributed by atoms with Crippen LogP contribution in [0.5, 0.6) is 5.75 Å². The molecule has 0 aliphatic heterocycles. The topological polar surface area (TPSA) is 81.6 Å². The van der Waals surface area contributed by atoms with Gasteiger partial charge in [0.2, 0.25) is 0 Å². The molecule has 9 heteroatoms. The number of aliphatic imine (C=N–C) groups is 2. The Kier molecular flexibility index (Phi) is 8.70. The maximum Gasteiger partial charge on any atom is 0.188 e. The molecule has 36 heavy (non-hydrogen) atoms. The molecule has 0 spiro atoms. The second kappa shape index (κ2) is 12.3. The van der Waals surface area contributed by atoms with E-state index in [0.29, 0.717) is 30.9 Å². The molecular weight excluding hydrogens is 470 g/mol. The Morgan fingerprint density at radius 3 is 2.67 bits per heavy atom. The first-order valence-electron chi connectivity index (χ1n) is 11.7. The summed E-state index contributed by atoms with van der Waals surface area (Å²) in [6.45, 7) is 9.50. The lowest BCUT2D eigenvalue weighted by Crippen LogP contribution is -2.20. The smallest absolute Gasteiger partial charge is 0.188 e. The number of aromatic nitrogens is 4. The third-order valence-electron chi connectivity index (χ3n) is 5.61. The molecule has 0 amide bonds. The summed E-state index contributed by atoms with van der Waals surface area (Å²) in [4.78, 5) is 8.71. The van der Waals surface area contributed by atoms with Gasteiger partial charge in [0, 0.05) is 30.6 Å². The normalized spacial score (nSPS) is 11.7. The van der Waals surface area contributed by atoms with Crippen LogP contribution in [-0.4, -0.2) is 37.7 Å². The predicted octanol–water partition coefficient (Wildman–Crippen LogP) is 5.57. The largest absolute Gasteiger partial charge is 0.489 e. The lowest BCUT2D eigenvalue weighted by atomic mass is 10.1. The summed E-state index contributed by atoms with van der Waals surface area (Å²) in [6, 6.07) is 18.1. The Morgan fingerprint density at radius 2 is 1.97 bits per heavy atom. The molecule has 186 valence electrons. The van der Waals surface area contributed by atoms with Crippen molar-refractivity contribution in [3.05, 3.63) is 89.9 Å². The van der Waals surface area contributed by atoms with E-state index in [4.69, 9.17) is 9.73 Å². The zero-order valence-electron chi connectivity index (χ0n) is 20.8. The van der Waals surface area contributed by atoms with E-state index in [9.17, 15) is 0 Å². The van der Waals surface area contributed by atoms with E-state index in [2.05, 4.69) is 59.3 Å². The van der Waals surface area contributed by atoms with Crippen molar-refractivity contribution in [1.82, 2.24) is 24.9 Å². The molecule has 0 fully saturated rings. The van der Waals surface area contributed by atoms with Gasteiger partial charge in [-0.15, -0.1) is 0 Å². The van der Waals surface area contributed by atoms with E-state index >= 15 is 0 Å². The first-order chi connectivity index (χ1) is 17.6. The van der Waals surface area contributed by atoms with Crippen LogP contribution in [0, 0.1) is 0 Å². The Bertz CT molecular complexity index is 1300. The van der Waals surface area contributed by atoms with Gasteiger partial charge in [0.25, 0.3) is 0 Å². The number of benzene rings is 2. The molecule has 1 N–H and O–H groups in total. The zero-order valence-corrected chi connectivity index (χ0v) is 21.7.